The maximum Gasteiger partial charge on any atom is 0.136 e. The van der Waals surface area contributed by atoms with Crippen LogP contribution in [0.15, 0.2) is 36.7 Å². The first-order chi connectivity index (χ1) is 14.4. The lowest BCUT2D eigenvalue weighted by atomic mass is 9.96. The Bertz CT molecular complexity index is 1010. The number of pyridine rings is 1. The van der Waals surface area contributed by atoms with Crippen molar-refractivity contribution >= 4 is 27.7 Å². The molecule has 1 aliphatic heterocycles. The fraction of sp³-hybridized carbons (Fsp3) is 0.333. The van der Waals surface area contributed by atoms with Crippen molar-refractivity contribution in [1.82, 2.24) is 9.97 Å². The minimum Gasteiger partial charge on any atom is -0.389 e. The van der Waals surface area contributed by atoms with Crippen LogP contribution in [0.25, 0.3) is 10.6 Å². The van der Waals surface area contributed by atoms with Gasteiger partial charge >= 0.3 is 0 Å². The van der Waals surface area contributed by atoms with Gasteiger partial charge in [-0.05, 0) is 30.5 Å². The highest BCUT2D eigenvalue weighted by Crippen LogP contribution is 2.34. The van der Waals surface area contributed by atoms with Crippen LogP contribution in [-0.4, -0.2) is 29.1 Å². The third-order valence-corrected chi connectivity index (χ3v) is 6.13. The van der Waals surface area contributed by atoms with Gasteiger partial charge in [0, 0.05) is 25.3 Å². The minimum atomic E-state index is -0.659. The molecule has 5 N–H and O–H groups in total. The molecule has 1 aromatic carbocycles. The SMILES string of the molecule is C[C@@H]1C[C@H](N)CN(c2ccncc2NCc2nc(-c3c(F)cccc3F)sc2N)C1. The number of nitrogens with one attached hydrogen (secondary N) is 1. The minimum absolute atomic E-state index is 0.127. The predicted molar refractivity (Wildman–Crippen MR) is 117 cm³/mol. The molecule has 1 aliphatic rings. The molecule has 158 valence electrons. The summed E-state index contributed by atoms with van der Waals surface area (Å²) in [5.41, 5.74) is 14.5. The molecule has 3 heterocycles. The Labute approximate surface area is 177 Å². The van der Waals surface area contributed by atoms with Gasteiger partial charge in [-0.3, -0.25) is 4.98 Å². The number of anilines is 3. The zero-order valence-corrected chi connectivity index (χ0v) is 17.4. The van der Waals surface area contributed by atoms with Crippen molar-refractivity contribution in [1.29, 1.82) is 0 Å². The molecule has 0 radical (unpaired) electrons. The molecule has 2 atom stereocenters. The molecule has 3 aromatic rings. The van der Waals surface area contributed by atoms with E-state index in [2.05, 4.69) is 27.1 Å². The summed E-state index contributed by atoms with van der Waals surface area (Å²) in [5, 5.41) is 3.96. The summed E-state index contributed by atoms with van der Waals surface area (Å²) < 4.78 is 28.2. The van der Waals surface area contributed by atoms with Gasteiger partial charge in [-0.2, -0.15) is 0 Å². The summed E-state index contributed by atoms with van der Waals surface area (Å²) in [6.45, 7) is 4.20. The molecule has 0 bridgehead atoms. The largest absolute Gasteiger partial charge is 0.389 e. The van der Waals surface area contributed by atoms with Crippen LogP contribution in [-0.2, 0) is 6.54 Å². The second kappa shape index (κ2) is 8.53. The van der Waals surface area contributed by atoms with Crippen molar-refractivity contribution in [3.8, 4) is 10.6 Å². The molecule has 2 aromatic heterocycles. The highest BCUT2D eigenvalue weighted by molar-refractivity contribution is 7.18. The van der Waals surface area contributed by atoms with Crippen LogP contribution < -0.4 is 21.7 Å². The van der Waals surface area contributed by atoms with E-state index in [9.17, 15) is 8.78 Å². The lowest BCUT2D eigenvalue weighted by molar-refractivity contribution is 0.402. The van der Waals surface area contributed by atoms with Gasteiger partial charge in [-0.15, -0.1) is 0 Å². The average molecular weight is 431 g/mol. The zero-order valence-electron chi connectivity index (χ0n) is 16.6. The summed E-state index contributed by atoms with van der Waals surface area (Å²) in [7, 11) is 0. The topological polar surface area (TPSA) is 93.1 Å². The van der Waals surface area contributed by atoms with E-state index in [0.717, 1.165) is 42.2 Å². The number of thiazole rings is 1. The molecule has 9 heteroatoms. The number of nitrogen functional groups attached to an aromatic ring is 1. The maximum absolute atomic E-state index is 14.1. The Hall–Kier alpha value is -2.78. The summed E-state index contributed by atoms with van der Waals surface area (Å²) in [5.74, 6) is -0.816. The van der Waals surface area contributed by atoms with Crippen LogP contribution in [0.5, 0.6) is 0 Å². The smallest absolute Gasteiger partial charge is 0.136 e. The molecule has 1 fully saturated rings. The van der Waals surface area contributed by atoms with Crippen molar-refractivity contribution in [2.24, 2.45) is 11.7 Å². The number of piperidine rings is 1. The van der Waals surface area contributed by atoms with E-state index in [1.807, 2.05) is 6.07 Å². The monoisotopic (exact) mass is 430 g/mol. The van der Waals surface area contributed by atoms with E-state index in [4.69, 9.17) is 11.5 Å². The van der Waals surface area contributed by atoms with Crippen LogP contribution in [0, 0.1) is 17.6 Å². The number of halogens is 2. The molecule has 0 spiro atoms. The van der Waals surface area contributed by atoms with Gasteiger partial charge in [-0.25, -0.2) is 13.8 Å². The van der Waals surface area contributed by atoms with Crippen molar-refractivity contribution < 1.29 is 8.78 Å². The van der Waals surface area contributed by atoms with E-state index < -0.39 is 11.6 Å². The Morgan fingerprint density at radius 3 is 2.73 bits per heavy atom. The van der Waals surface area contributed by atoms with Gasteiger partial charge in [0.2, 0.25) is 0 Å². The third-order valence-electron chi connectivity index (χ3n) is 5.18. The fourth-order valence-electron chi connectivity index (χ4n) is 3.87. The van der Waals surface area contributed by atoms with Gasteiger partial charge in [0.05, 0.1) is 35.4 Å². The third kappa shape index (κ3) is 4.22. The predicted octanol–water partition coefficient (Wildman–Crippen LogP) is 3.85. The molecule has 6 nitrogen and oxygen atoms in total. The lowest BCUT2D eigenvalue weighted by Gasteiger charge is -2.37. The second-order valence-electron chi connectivity index (χ2n) is 7.68. The van der Waals surface area contributed by atoms with E-state index >= 15 is 0 Å². The number of rotatable bonds is 5. The Morgan fingerprint density at radius 1 is 1.23 bits per heavy atom. The second-order valence-corrected chi connectivity index (χ2v) is 8.71. The number of benzene rings is 1. The van der Waals surface area contributed by atoms with E-state index in [-0.39, 0.29) is 16.6 Å². The fourth-order valence-corrected chi connectivity index (χ4v) is 4.77. The Kier molecular flexibility index (Phi) is 5.83. The summed E-state index contributed by atoms with van der Waals surface area (Å²) in [6, 6.07) is 5.82. The highest BCUT2D eigenvalue weighted by Gasteiger charge is 2.24. The van der Waals surface area contributed by atoms with Crippen LogP contribution >= 0.6 is 11.3 Å². The number of nitrogens with zero attached hydrogens (tertiary/aromatic N) is 3. The summed E-state index contributed by atoms with van der Waals surface area (Å²) in [6.07, 6.45) is 4.51. The highest BCUT2D eigenvalue weighted by atomic mass is 32.1. The zero-order chi connectivity index (χ0) is 21.3. The number of hydrogen-bond acceptors (Lipinski definition) is 7. The van der Waals surface area contributed by atoms with Gasteiger partial charge in [-0.1, -0.05) is 24.3 Å². The van der Waals surface area contributed by atoms with Crippen LogP contribution in [0.3, 0.4) is 0 Å². The number of hydrogen-bond donors (Lipinski definition) is 3. The first-order valence-corrected chi connectivity index (χ1v) is 10.6. The Morgan fingerprint density at radius 2 is 2.00 bits per heavy atom. The van der Waals surface area contributed by atoms with E-state index in [1.165, 1.54) is 18.2 Å². The number of nitrogens with two attached hydrogens (primary N) is 2. The average Bonchev–Trinajstić information content (AvgIpc) is 3.06. The molecule has 0 unspecified atom stereocenters. The van der Waals surface area contributed by atoms with Gasteiger partial charge < -0.3 is 21.7 Å². The van der Waals surface area contributed by atoms with Crippen LogP contribution in [0.1, 0.15) is 19.0 Å². The maximum atomic E-state index is 14.1. The van der Waals surface area contributed by atoms with E-state index in [1.54, 1.807) is 12.4 Å². The molecular formula is C21H24F2N6S. The van der Waals surface area contributed by atoms with Gasteiger partial charge in [0.15, 0.2) is 0 Å². The molecule has 4 rings (SSSR count). The first-order valence-electron chi connectivity index (χ1n) is 9.80. The Balaban J connectivity index is 1.55. The van der Waals surface area contributed by atoms with Crippen molar-refractivity contribution in [2.75, 3.05) is 29.0 Å². The van der Waals surface area contributed by atoms with Crippen molar-refractivity contribution in [3.63, 3.8) is 0 Å². The molecule has 1 saturated heterocycles. The lowest BCUT2D eigenvalue weighted by Crippen LogP contribution is -2.46. The van der Waals surface area contributed by atoms with Gasteiger partial charge in [0.25, 0.3) is 0 Å². The molecule has 0 saturated carbocycles. The first kappa shape index (κ1) is 20.5. The van der Waals surface area contributed by atoms with Crippen molar-refractivity contribution in [2.45, 2.75) is 25.9 Å². The molecular weight excluding hydrogens is 406 g/mol. The molecule has 0 aliphatic carbocycles. The standard InChI is InChI=1S/C21H24F2N6S/c1-12-7-13(24)11-29(10-12)18-5-6-26-8-16(18)27-9-17-20(25)30-21(28-17)19-14(22)3-2-4-15(19)23/h2-6,8,12-13,27H,7,9-11,24-25H2,1H3/t12-,13+/m1/s1. The molecule has 30 heavy (non-hydrogen) atoms. The summed E-state index contributed by atoms with van der Waals surface area (Å²) in [4.78, 5) is 10.9. The summed E-state index contributed by atoms with van der Waals surface area (Å²) >= 11 is 1.07. The number of aromatic nitrogens is 2. The van der Waals surface area contributed by atoms with Crippen molar-refractivity contribution in [3.05, 3.63) is 54.0 Å². The quantitative estimate of drug-likeness (QED) is 0.569. The van der Waals surface area contributed by atoms with E-state index in [0.29, 0.717) is 23.2 Å². The van der Waals surface area contributed by atoms with Crippen LogP contribution in [0.2, 0.25) is 0 Å². The molecule has 0 amide bonds. The van der Waals surface area contributed by atoms with Gasteiger partial charge in [0.1, 0.15) is 21.6 Å². The normalized spacial score (nSPS) is 19.1. The van der Waals surface area contributed by atoms with Crippen LogP contribution in [0.4, 0.5) is 25.2 Å².